The Morgan fingerprint density at radius 3 is 2.30 bits per heavy atom. The van der Waals surface area contributed by atoms with E-state index in [1.165, 1.54) is 5.56 Å². The highest BCUT2D eigenvalue weighted by Crippen LogP contribution is 2.24. The van der Waals surface area contributed by atoms with Gasteiger partial charge < -0.3 is 4.90 Å². The zero-order valence-corrected chi connectivity index (χ0v) is 13.8. The Hall–Kier alpha value is -2.42. The van der Waals surface area contributed by atoms with Crippen LogP contribution in [0.25, 0.3) is 0 Å². The van der Waals surface area contributed by atoms with E-state index in [-0.39, 0.29) is 23.7 Å². The zero-order valence-electron chi connectivity index (χ0n) is 13.8. The standard InChI is InChI=1S/C20H21NO2/c1-20(2,3)16-10-8-14(9-11-16)18(22)13-21-12-15-6-4-5-7-17(15)19(21)23/h4-11H,12-13H2,1-3H3. The van der Waals surface area contributed by atoms with Crippen molar-refractivity contribution in [1.29, 1.82) is 0 Å². The van der Waals surface area contributed by atoms with Crippen LogP contribution in [0.15, 0.2) is 48.5 Å². The number of hydrogen-bond donors (Lipinski definition) is 0. The smallest absolute Gasteiger partial charge is 0.254 e. The fourth-order valence-corrected chi connectivity index (χ4v) is 2.86. The Bertz CT molecular complexity index is 754. The number of amides is 1. The molecule has 0 saturated carbocycles. The molecule has 3 heteroatoms. The van der Waals surface area contributed by atoms with E-state index >= 15 is 0 Å². The topological polar surface area (TPSA) is 37.4 Å². The zero-order chi connectivity index (χ0) is 16.6. The molecular weight excluding hydrogens is 286 g/mol. The summed E-state index contributed by atoms with van der Waals surface area (Å²) < 4.78 is 0. The third-order valence-electron chi connectivity index (χ3n) is 4.30. The number of hydrogen-bond acceptors (Lipinski definition) is 2. The highest BCUT2D eigenvalue weighted by atomic mass is 16.2. The van der Waals surface area contributed by atoms with Crippen LogP contribution in [0.5, 0.6) is 0 Å². The van der Waals surface area contributed by atoms with Gasteiger partial charge in [-0.1, -0.05) is 63.2 Å². The van der Waals surface area contributed by atoms with Gasteiger partial charge in [0.15, 0.2) is 5.78 Å². The minimum atomic E-state index is -0.0553. The largest absolute Gasteiger partial charge is 0.327 e. The molecule has 0 spiro atoms. The van der Waals surface area contributed by atoms with Gasteiger partial charge in [-0.3, -0.25) is 9.59 Å². The van der Waals surface area contributed by atoms with Crippen LogP contribution < -0.4 is 0 Å². The maximum Gasteiger partial charge on any atom is 0.254 e. The third kappa shape index (κ3) is 3.04. The lowest BCUT2D eigenvalue weighted by atomic mass is 9.86. The van der Waals surface area contributed by atoms with Gasteiger partial charge in [-0.05, 0) is 22.6 Å². The molecule has 1 heterocycles. The number of Topliss-reactive ketones (excluding diaryl/α,β-unsaturated/α-hetero) is 1. The van der Waals surface area contributed by atoms with E-state index in [9.17, 15) is 9.59 Å². The maximum absolute atomic E-state index is 12.5. The Labute approximate surface area is 136 Å². The van der Waals surface area contributed by atoms with E-state index in [1.54, 1.807) is 4.90 Å². The molecule has 0 bridgehead atoms. The highest BCUT2D eigenvalue weighted by molar-refractivity contribution is 6.04. The summed E-state index contributed by atoms with van der Waals surface area (Å²) in [6, 6.07) is 15.2. The van der Waals surface area contributed by atoms with Gasteiger partial charge in [-0.25, -0.2) is 0 Å². The SMILES string of the molecule is CC(C)(C)c1ccc(C(=O)CN2Cc3ccccc3C2=O)cc1. The van der Waals surface area contributed by atoms with E-state index in [0.29, 0.717) is 17.7 Å². The van der Waals surface area contributed by atoms with Crippen LogP contribution in [0.4, 0.5) is 0 Å². The Morgan fingerprint density at radius 1 is 1.04 bits per heavy atom. The Balaban J connectivity index is 1.72. The summed E-state index contributed by atoms with van der Waals surface area (Å²) in [4.78, 5) is 26.4. The lowest BCUT2D eigenvalue weighted by molar-refractivity contribution is 0.0729. The van der Waals surface area contributed by atoms with Crippen molar-refractivity contribution in [2.24, 2.45) is 0 Å². The van der Waals surface area contributed by atoms with Crippen LogP contribution in [-0.2, 0) is 12.0 Å². The van der Waals surface area contributed by atoms with Crippen molar-refractivity contribution < 1.29 is 9.59 Å². The minimum Gasteiger partial charge on any atom is -0.327 e. The second-order valence-electron chi connectivity index (χ2n) is 7.07. The summed E-state index contributed by atoms with van der Waals surface area (Å²) in [5.74, 6) is -0.0770. The molecule has 118 valence electrons. The highest BCUT2D eigenvalue weighted by Gasteiger charge is 2.28. The van der Waals surface area contributed by atoms with Crippen molar-refractivity contribution in [2.75, 3.05) is 6.54 Å². The molecule has 0 fully saturated rings. The molecule has 1 amide bonds. The van der Waals surface area contributed by atoms with Crippen molar-refractivity contribution >= 4 is 11.7 Å². The number of rotatable bonds is 3. The summed E-state index contributed by atoms with van der Waals surface area (Å²) in [5.41, 5.74) is 3.62. The molecule has 0 radical (unpaired) electrons. The first-order chi connectivity index (χ1) is 10.9. The molecule has 3 rings (SSSR count). The fraction of sp³-hybridized carbons (Fsp3) is 0.300. The molecule has 2 aromatic rings. The molecule has 23 heavy (non-hydrogen) atoms. The van der Waals surface area contributed by atoms with Crippen molar-refractivity contribution in [2.45, 2.75) is 32.7 Å². The third-order valence-corrected chi connectivity index (χ3v) is 4.30. The van der Waals surface area contributed by atoms with E-state index in [2.05, 4.69) is 20.8 Å². The monoisotopic (exact) mass is 307 g/mol. The first kappa shape index (κ1) is 15.5. The van der Waals surface area contributed by atoms with Gasteiger partial charge in [0.1, 0.15) is 0 Å². The van der Waals surface area contributed by atoms with Crippen molar-refractivity contribution in [3.8, 4) is 0 Å². The average Bonchev–Trinajstić information content (AvgIpc) is 2.83. The summed E-state index contributed by atoms with van der Waals surface area (Å²) in [5, 5.41) is 0. The molecule has 0 unspecified atom stereocenters. The second-order valence-corrected chi connectivity index (χ2v) is 7.07. The van der Waals surface area contributed by atoms with E-state index in [1.807, 2.05) is 48.5 Å². The molecule has 0 aliphatic carbocycles. The molecule has 0 aromatic heterocycles. The number of ketones is 1. The molecule has 2 aromatic carbocycles. The van der Waals surface area contributed by atoms with Gasteiger partial charge in [-0.2, -0.15) is 0 Å². The summed E-state index contributed by atoms with van der Waals surface area (Å²) >= 11 is 0. The predicted octanol–water partition coefficient (Wildman–Crippen LogP) is 3.82. The van der Waals surface area contributed by atoms with E-state index in [4.69, 9.17) is 0 Å². The van der Waals surface area contributed by atoms with Crippen LogP contribution in [0.2, 0.25) is 0 Å². The van der Waals surface area contributed by atoms with Gasteiger partial charge in [0.2, 0.25) is 0 Å². The van der Waals surface area contributed by atoms with Crippen molar-refractivity contribution in [3.63, 3.8) is 0 Å². The minimum absolute atomic E-state index is 0.0217. The Morgan fingerprint density at radius 2 is 1.70 bits per heavy atom. The quantitative estimate of drug-likeness (QED) is 0.808. The Kier molecular flexibility index (Phi) is 3.80. The normalized spacial score (nSPS) is 14.0. The number of carbonyl (C=O) groups excluding carboxylic acids is 2. The molecule has 3 nitrogen and oxygen atoms in total. The van der Waals surface area contributed by atoms with Gasteiger partial charge in [0, 0.05) is 17.7 Å². The number of carbonyl (C=O) groups is 2. The second kappa shape index (κ2) is 5.65. The summed E-state index contributed by atoms with van der Waals surface area (Å²) in [6.07, 6.45) is 0. The molecule has 1 aliphatic heterocycles. The lowest BCUT2D eigenvalue weighted by Gasteiger charge is -2.19. The van der Waals surface area contributed by atoms with E-state index < -0.39 is 0 Å². The summed E-state index contributed by atoms with van der Waals surface area (Å²) in [6.45, 7) is 7.07. The molecule has 1 aliphatic rings. The van der Waals surface area contributed by atoms with Gasteiger partial charge in [0.25, 0.3) is 5.91 Å². The van der Waals surface area contributed by atoms with Crippen LogP contribution >= 0.6 is 0 Å². The van der Waals surface area contributed by atoms with Crippen LogP contribution in [-0.4, -0.2) is 23.1 Å². The first-order valence-corrected chi connectivity index (χ1v) is 7.87. The van der Waals surface area contributed by atoms with Crippen molar-refractivity contribution in [3.05, 3.63) is 70.8 Å². The molecule has 0 saturated heterocycles. The predicted molar refractivity (Wildman–Crippen MR) is 90.7 cm³/mol. The van der Waals surface area contributed by atoms with Crippen LogP contribution in [0.3, 0.4) is 0 Å². The van der Waals surface area contributed by atoms with Crippen LogP contribution in [0, 0.1) is 0 Å². The molecular formula is C20H21NO2. The molecule has 0 N–H and O–H groups in total. The average molecular weight is 307 g/mol. The van der Waals surface area contributed by atoms with E-state index in [0.717, 1.165) is 5.56 Å². The molecule has 0 atom stereocenters. The maximum atomic E-state index is 12.5. The fourth-order valence-electron chi connectivity index (χ4n) is 2.86. The first-order valence-electron chi connectivity index (χ1n) is 7.87. The van der Waals surface area contributed by atoms with Gasteiger partial charge in [-0.15, -0.1) is 0 Å². The van der Waals surface area contributed by atoms with Crippen LogP contribution in [0.1, 0.15) is 52.6 Å². The number of nitrogens with zero attached hydrogens (tertiary/aromatic N) is 1. The summed E-state index contributed by atoms with van der Waals surface area (Å²) in [7, 11) is 0. The lowest BCUT2D eigenvalue weighted by Crippen LogP contribution is -2.30. The van der Waals surface area contributed by atoms with Gasteiger partial charge in [0.05, 0.1) is 6.54 Å². The van der Waals surface area contributed by atoms with Gasteiger partial charge >= 0.3 is 0 Å². The van der Waals surface area contributed by atoms with Crippen molar-refractivity contribution in [1.82, 2.24) is 4.90 Å². The number of benzene rings is 2. The number of fused-ring (bicyclic) bond motifs is 1.